The summed E-state index contributed by atoms with van der Waals surface area (Å²) in [5.41, 5.74) is 1.36. The SMILES string of the molecule is O=C(Oc1ccccc1Cl)N1CCC(CCCCc2ccncc2)CC1. The van der Waals surface area contributed by atoms with Gasteiger partial charge >= 0.3 is 6.09 Å². The van der Waals surface area contributed by atoms with Gasteiger partial charge in [-0.05, 0) is 61.4 Å². The number of hydrogen-bond acceptors (Lipinski definition) is 3. The molecule has 0 unspecified atom stereocenters. The largest absolute Gasteiger partial charge is 0.415 e. The van der Waals surface area contributed by atoms with Crippen LogP contribution < -0.4 is 4.74 Å². The van der Waals surface area contributed by atoms with Crippen LogP contribution >= 0.6 is 11.6 Å². The highest BCUT2D eigenvalue weighted by molar-refractivity contribution is 6.32. The summed E-state index contributed by atoms with van der Waals surface area (Å²) in [5.74, 6) is 1.13. The van der Waals surface area contributed by atoms with Gasteiger partial charge in [-0.15, -0.1) is 0 Å². The van der Waals surface area contributed by atoms with Gasteiger partial charge in [0, 0.05) is 25.5 Å². The number of unbranched alkanes of at least 4 members (excludes halogenated alkanes) is 1. The lowest BCUT2D eigenvalue weighted by Crippen LogP contribution is -2.40. The monoisotopic (exact) mass is 372 g/mol. The zero-order chi connectivity index (χ0) is 18.2. The number of nitrogens with zero attached hydrogens (tertiary/aromatic N) is 2. The Labute approximate surface area is 160 Å². The number of aromatic nitrogens is 1. The molecule has 1 aliphatic heterocycles. The molecule has 0 aliphatic carbocycles. The van der Waals surface area contributed by atoms with Crippen molar-refractivity contribution in [3.63, 3.8) is 0 Å². The summed E-state index contributed by atoms with van der Waals surface area (Å²) in [5, 5.41) is 0.463. The molecule has 1 aromatic carbocycles. The minimum atomic E-state index is -0.297. The Morgan fingerprint density at radius 1 is 1.12 bits per heavy atom. The van der Waals surface area contributed by atoms with E-state index in [1.807, 2.05) is 24.5 Å². The van der Waals surface area contributed by atoms with Crippen molar-refractivity contribution in [2.45, 2.75) is 38.5 Å². The molecule has 1 saturated heterocycles. The fourth-order valence-electron chi connectivity index (χ4n) is 3.40. The third kappa shape index (κ3) is 5.46. The zero-order valence-electron chi connectivity index (χ0n) is 14.9. The molecule has 0 radical (unpaired) electrons. The minimum absolute atomic E-state index is 0.297. The fourth-order valence-corrected chi connectivity index (χ4v) is 3.58. The molecule has 0 atom stereocenters. The molecule has 3 rings (SSSR count). The number of carbonyl (C=O) groups excluding carboxylic acids is 1. The van der Waals surface area contributed by atoms with Gasteiger partial charge in [-0.2, -0.15) is 0 Å². The number of amides is 1. The maximum Gasteiger partial charge on any atom is 0.415 e. The molecule has 0 saturated carbocycles. The van der Waals surface area contributed by atoms with Crippen LogP contribution in [0.3, 0.4) is 0 Å². The van der Waals surface area contributed by atoms with Crippen LogP contribution in [0, 0.1) is 5.92 Å². The average Bonchev–Trinajstić information content (AvgIpc) is 2.68. The van der Waals surface area contributed by atoms with Crippen LogP contribution in [0.25, 0.3) is 0 Å². The highest BCUT2D eigenvalue weighted by Gasteiger charge is 2.24. The van der Waals surface area contributed by atoms with Crippen molar-refractivity contribution in [1.82, 2.24) is 9.88 Å². The molecule has 0 spiro atoms. The summed E-state index contributed by atoms with van der Waals surface area (Å²) in [6, 6.07) is 11.2. The lowest BCUT2D eigenvalue weighted by atomic mass is 9.91. The first kappa shape index (κ1) is 18.7. The van der Waals surface area contributed by atoms with Gasteiger partial charge in [-0.1, -0.05) is 36.6 Å². The van der Waals surface area contributed by atoms with Crippen LogP contribution in [-0.4, -0.2) is 29.1 Å². The predicted octanol–water partition coefficient (Wildman–Crippen LogP) is 5.36. The minimum Gasteiger partial charge on any atom is -0.409 e. The van der Waals surface area contributed by atoms with E-state index in [1.165, 1.54) is 24.8 Å². The number of carbonyl (C=O) groups is 1. The maximum absolute atomic E-state index is 12.3. The van der Waals surface area contributed by atoms with E-state index in [-0.39, 0.29) is 6.09 Å². The second kappa shape index (κ2) is 9.58. The fraction of sp³-hybridized carbons (Fsp3) is 0.429. The number of halogens is 1. The van der Waals surface area contributed by atoms with Crippen LogP contribution in [0.2, 0.25) is 5.02 Å². The molecule has 2 aromatic rings. The number of likely N-dealkylation sites (tertiary alicyclic amines) is 1. The number of hydrogen-bond donors (Lipinski definition) is 0. The number of para-hydroxylation sites is 1. The predicted molar refractivity (Wildman–Crippen MR) is 104 cm³/mol. The molecule has 1 fully saturated rings. The van der Waals surface area contributed by atoms with Gasteiger partial charge in [0.25, 0.3) is 0 Å². The number of piperidine rings is 1. The van der Waals surface area contributed by atoms with Crippen molar-refractivity contribution in [2.75, 3.05) is 13.1 Å². The lowest BCUT2D eigenvalue weighted by molar-refractivity contribution is 0.129. The number of rotatable bonds is 6. The quantitative estimate of drug-likeness (QED) is 0.641. The van der Waals surface area contributed by atoms with Crippen LogP contribution in [0.5, 0.6) is 5.75 Å². The standard InChI is InChI=1S/C21H25ClN2O2/c22-19-7-3-4-8-20(19)26-21(25)24-15-11-18(12-16-24)6-2-1-5-17-9-13-23-14-10-17/h3-4,7-10,13-14,18H,1-2,5-6,11-12,15-16H2. The first-order chi connectivity index (χ1) is 12.7. The molecule has 2 heterocycles. The number of ether oxygens (including phenoxy) is 1. The van der Waals surface area contributed by atoms with Gasteiger partial charge in [0.1, 0.15) is 0 Å². The van der Waals surface area contributed by atoms with Crippen LogP contribution in [-0.2, 0) is 6.42 Å². The Morgan fingerprint density at radius 2 is 1.85 bits per heavy atom. The Bertz CT molecular complexity index is 700. The van der Waals surface area contributed by atoms with Crippen molar-refractivity contribution in [2.24, 2.45) is 5.92 Å². The highest BCUT2D eigenvalue weighted by atomic mass is 35.5. The summed E-state index contributed by atoms with van der Waals surface area (Å²) < 4.78 is 5.42. The molecule has 26 heavy (non-hydrogen) atoms. The van der Waals surface area contributed by atoms with E-state index < -0.39 is 0 Å². The van der Waals surface area contributed by atoms with E-state index >= 15 is 0 Å². The Kier molecular flexibility index (Phi) is 6.89. The van der Waals surface area contributed by atoms with Crippen LogP contribution in [0.15, 0.2) is 48.8 Å². The summed E-state index contributed by atoms with van der Waals surface area (Å²) in [7, 11) is 0. The smallest absolute Gasteiger partial charge is 0.409 e. The van der Waals surface area contributed by atoms with Crippen molar-refractivity contribution in [1.29, 1.82) is 0 Å². The van der Waals surface area contributed by atoms with Gasteiger partial charge < -0.3 is 9.64 Å². The summed E-state index contributed by atoms with van der Waals surface area (Å²) in [6.07, 6.45) is 10.3. The van der Waals surface area contributed by atoms with Gasteiger partial charge in [0.15, 0.2) is 5.75 Å². The van der Waals surface area contributed by atoms with Gasteiger partial charge in [0.2, 0.25) is 0 Å². The Hall–Kier alpha value is -2.07. The number of aryl methyl sites for hydroxylation is 1. The molecule has 0 N–H and O–H groups in total. The van der Waals surface area contributed by atoms with Gasteiger partial charge in [0.05, 0.1) is 5.02 Å². The van der Waals surface area contributed by atoms with Crippen molar-refractivity contribution < 1.29 is 9.53 Å². The molecule has 1 aliphatic rings. The van der Waals surface area contributed by atoms with Crippen molar-refractivity contribution >= 4 is 17.7 Å². The molecule has 5 heteroatoms. The second-order valence-corrected chi connectivity index (χ2v) is 7.24. The molecular weight excluding hydrogens is 348 g/mol. The van der Waals surface area contributed by atoms with Crippen LogP contribution in [0.1, 0.15) is 37.7 Å². The molecular formula is C21H25ClN2O2. The highest BCUT2D eigenvalue weighted by Crippen LogP contribution is 2.26. The summed E-state index contributed by atoms with van der Waals surface area (Å²) in [6.45, 7) is 1.52. The van der Waals surface area contributed by atoms with E-state index in [1.54, 1.807) is 17.0 Å². The van der Waals surface area contributed by atoms with E-state index in [2.05, 4.69) is 17.1 Å². The van der Waals surface area contributed by atoms with E-state index in [0.29, 0.717) is 16.7 Å². The molecule has 0 bridgehead atoms. The Morgan fingerprint density at radius 3 is 2.58 bits per heavy atom. The van der Waals surface area contributed by atoms with Crippen LogP contribution in [0.4, 0.5) is 4.79 Å². The van der Waals surface area contributed by atoms with E-state index in [0.717, 1.165) is 32.4 Å². The third-order valence-corrected chi connectivity index (χ3v) is 5.30. The molecule has 4 nitrogen and oxygen atoms in total. The summed E-state index contributed by atoms with van der Waals surface area (Å²) >= 11 is 6.05. The van der Waals surface area contributed by atoms with Crippen molar-refractivity contribution in [3.05, 3.63) is 59.4 Å². The average molecular weight is 373 g/mol. The molecule has 1 aromatic heterocycles. The van der Waals surface area contributed by atoms with E-state index in [4.69, 9.17) is 16.3 Å². The lowest BCUT2D eigenvalue weighted by Gasteiger charge is -2.31. The third-order valence-electron chi connectivity index (χ3n) is 4.98. The van der Waals surface area contributed by atoms with Gasteiger partial charge in [-0.25, -0.2) is 4.79 Å². The zero-order valence-corrected chi connectivity index (χ0v) is 15.7. The molecule has 1 amide bonds. The first-order valence-electron chi connectivity index (χ1n) is 9.32. The molecule has 138 valence electrons. The normalized spacial score (nSPS) is 15.0. The van der Waals surface area contributed by atoms with Gasteiger partial charge in [-0.3, -0.25) is 4.98 Å². The number of pyridine rings is 1. The maximum atomic E-state index is 12.3. The number of benzene rings is 1. The van der Waals surface area contributed by atoms with E-state index in [9.17, 15) is 4.79 Å². The first-order valence-corrected chi connectivity index (χ1v) is 9.70. The topological polar surface area (TPSA) is 42.4 Å². The Balaban J connectivity index is 1.35. The summed E-state index contributed by atoms with van der Waals surface area (Å²) in [4.78, 5) is 18.1. The van der Waals surface area contributed by atoms with Crippen molar-refractivity contribution in [3.8, 4) is 5.75 Å². The second-order valence-electron chi connectivity index (χ2n) is 6.83.